The Morgan fingerprint density at radius 3 is 2.82 bits per heavy atom. The highest BCUT2D eigenvalue weighted by molar-refractivity contribution is 5.85. The quantitative estimate of drug-likeness (QED) is 0.517. The van der Waals surface area contributed by atoms with Crippen molar-refractivity contribution in [2.45, 2.75) is 58.3 Å². The van der Waals surface area contributed by atoms with Gasteiger partial charge in [-0.25, -0.2) is 0 Å². The van der Waals surface area contributed by atoms with E-state index in [-0.39, 0.29) is 5.41 Å². The number of piperidine rings is 1. The summed E-state index contributed by atoms with van der Waals surface area (Å²) in [5, 5.41) is 3.38. The SMILES string of the molecule is C=CCCCCCC(=O)C1(CC)CCCNC1. The second-order valence-corrected chi connectivity index (χ2v) is 5.23. The number of unbranched alkanes of at least 4 members (excludes halogenated alkanes) is 3. The van der Waals surface area contributed by atoms with Crippen LogP contribution in [0.3, 0.4) is 0 Å². The minimum absolute atomic E-state index is 0.0450. The van der Waals surface area contributed by atoms with Gasteiger partial charge in [-0.15, -0.1) is 6.58 Å². The van der Waals surface area contributed by atoms with Crippen molar-refractivity contribution in [3.63, 3.8) is 0 Å². The zero-order chi connectivity index (χ0) is 12.6. The highest BCUT2D eigenvalue weighted by Gasteiger charge is 2.36. The van der Waals surface area contributed by atoms with Crippen molar-refractivity contribution in [2.75, 3.05) is 13.1 Å². The van der Waals surface area contributed by atoms with E-state index in [1.807, 2.05) is 6.08 Å². The Balaban J connectivity index is 2.30. The molecule has 0 aromatic carbocycles. The first-order chi connectivity index (χ1) is 8.25. The van der Waals surface area contributed by atoms with E-state index in [1.54, 1.807) is 0 Å². The number of nitrogens with one attached hydrogen (secondary N) is 1. The molecule has 17 heavy (non-hydrogen) atoms. The van der Waals surface area contributed by atoms with E-state index >= 15 is 0 Å². The van der Waals surface area contributed by atoms with Gasteiger partial charge < -0.3 is 5.32 Å². The molecule has 0 aliphatic carbocycles. The van der Waals surface area contributed by atoms with Crippen LogP contribution in [0.25, 0.3) is 0 Å². The van der Waals surface area contributed by atoms with Gasteiger partial charge in [0.25, 0.3) is 0 Å². The van der Waals surface area contributed by atoms with Gasteiger partial charge in [0.1, 0.15) is 5.78 Å². The molecule has 0 radical (unpaired) electrons. The monoisotopic (exact) mass is 237 g/mol. The molecule has 0 amide bonds. The molecule has 0 saturated carbocycles. The third-order valence-electron chi connectivity index (χ3n) is 4.05. The maximum Gasteiger partial charge on any atom is 0.140 e. The van der Waals surface area contributed by atoms with E-state index in [0.29, 0.717) is 5.78 Å². The van der Waals surface area contributed by atoms with Crippen LogP contribution in [0.2, 0.25) is 0 Å². The maximum atomic E-state index is 12.3. The molecule has 0 spiro atoms. The van der Waals surface area contributed by atoms with Crippen LogP contribution in [0.5, 0.6) is 0 Å². The summed E-state index contributed by atoms with van der Waals surface area (Å²) >= 11 is 0. The Morgan fingerprint density at radius 2 is 2.24 bits per heavy atom. The van der Waals surface area contributed by atoms with Crippen LogP contribution < -0.4 is 5.32 Å². The molecule has 1 N–H and O–H groups in total. The predicted octanol–water partition coefficient (Wildman–Crippen LogP) is 3.47. The molecule has 1 atom stereocenters. The lowest BCUT2D eigenvalue weighted by molar-refractivity contribution is -0.130. The van der Waals surface area contributed by atoms with E-state index in [4.69, 9.17) is 0 Å². The topological polar surface area (TPSA) is 29.1 Å². The number of Topliss-reactive ketones (excluding diaryl/α,β-unsaturated/α-hetero) is 1. The van der Waals surface area contributed by atoms with Crippen LogP contribution in [-0.2, 0) is 4.79 Å². The lowest BCUT2D eigenvalue weighted by atomic mass is 9.73. The lowest BCUT2D eigenvalue weighted by Gasteiger charge is -2.35. The maximum absolute atomic E-state index is 12.3. The summed E-state index contributed by atoms with van der Waals surface area (Å²) < 4.78 is 0. The molecule has 0 aromatic rings. The minimum atomic E-state index is -0.0450. The molecular formula is C15H27NO. The van der Waals surface area contributed by atoms with E-state index in [2.05, 4.69) is 18.8 Å². The van der Waals surface area contributed by atoms with Crippen LogP contribution in [0.15, 0.2) is 12.7 Å². The number of ketones is 1. The summed E-state index contributed by atoms with van der Waals surface area (Å²) in [6.45, 7) is 7.85. The zero-order valence-electron chi connectivity index (χ0n) is 11.3. The van der Waals surface area contributed by atoms with Gasteiger partial charge in [-0.05, 0) is 45.1 Å². The van der Waals surface area contributed by atoms with Gasteiger partial charge in [0.05, 0.1) is 0 Å². The van der Waals surface area contributed by atoms with Crippen molar-refractivity contribution >= 4 is 5.78 Å². The van der Waals surface area contributed by atoms with Crippen molar-refractivity contribution in [3.8, 4) is 0 Å². The number of allylic oxidation sites excluding steroid dienone is 1. The molecule has 1 unspecified atom stereocenters. The summed E-state index contributed by atoms with van der Waals surface area (Å²) in [6, 6.07) is 0. The van der Waals surface area contributed by atoms with Gasteiger partial charge in [0.15, 0.2) is 0 Å². The van der Waals surface area contributed by atoms with E-state index in [0.717, 1.165) is 58.0 Å². The normalized spacial score (nSPS) is 24.5. The Hall–Kier alpha value is -0.630. The molecule has 0 aromatic heterocycles. The first-order valence-electron chi connectivity index (χ1n) is 7.10. The largest absolute Gasteiger partial charge is 0.316 e. The molecule has 1 heterocycles. The highest BCUT2D eigenvalue weighted by atomic mass is 16.1. The van der Waals surface area contributed by atoms with Gasteiger partial charge in [0.2, 0.25) is 0 Å². The van der Waals surface area contributed by atoms with Crippen LogP contribution in [-0.4, -0.2) is 18.9 Å². The standard InChI is InChI=1S/C15H27NO/c1-3-5-6-7-8-10-14(17)15(4-2)11-9-12-16-13-15/h3,16H,1,4-13H2,2H3. The van der Waals surface area contributed by atoms with Crippen LogP contribution in [0.1, 0.15) is 58.3 Å². The average molecular weight is 237 g/mol. The zero-order valence-corrected chi connectivity index (χ0v) is 11.3. The molecule has 98 valence electrons. The fourth-order valence-corrected chi connectivity index (χ4v) is 2.72. The number of carbonyl (C=O) groups excluding carboxylic acids is 1. The first kappa shape index (κ1) is 14.4. The van der Waals surface area contributed by atoms with E-state index in [9.17, 15) is 4.79 Å². The lowest BCUT2D eigenvalue weighted by Crippen LogP contribution is -2.45. The van der Waals surface area contributed by atoms with Crippen molar-refractivity contribution in [2.24, 2.45) is 5.41 Å². The Labute approximate surface area is 106 Å². The molecule has 2 heteroatoms. The van der Waals surface area contributed by atoms with Crippen molar-refractivity contribution in [1.29, 1.82) is 0 Å². The van der Waals surface area contributed by atoms with Gasteiger partial charge in [-0.2, -0.15) is 0 Å². The minimum Gasteiger partial charge on any atom is -0.316 e. The summed E-state index contributed by atoms with van der Waals surface area (Å²) in [4.78, 5) is 12.3. The molecule has 1 rings (SSSR count). The molecule has 2 nitrogen and oxygen atoms in total. The third-order valence-corrected chi connectivity index (χ3v) is 4.05. The second-order valence-electron chi connectivity index (χ2n) is 5.23. The van der Waals surface area contributed by atoms with Gasteiger partial charge >= 0.3 is 0 Å². The number of rotatable bonds is 8. The number of hydrogen-bond acceptors (Lipinski definition) is 2. The summed E-state index contributed by atoms with van der Waals surface area (Å²) in [6.07, 6.45) is 10.4. The molecule has 1 aliphatic rings. The number of carbonyl (C=O) groups is 1. The Morgan fingerprint density at radius 1 is 1.41 bits per heavy atom. The predicted molar refractivity (Wildman–Crippen MR) is 73.1 cm³/mol. The molecule has 1 aliphatic heterocycles. The summed E-state index contributed by atoms with van der Waals surface area (Å²) in [7, 11) is 0. The molecule has 0 bridgehead atoms. The fraction of sp³-hybridized carbons (Fsp3) is 0.800. The van der Waals surface area contributed by atoms with E-state index in [1.165, 1.54) is 6.42 Å². The van der Waals surface area contributed by atoms with Gasteiger partial charge in [0, 0.05) is 18.4 Å². The van der Waals surface area contributed by atoms with E-state index < -0.39 is 0 Å². The summed E-state index contributed by atoms with van der Waals surface area (Å²) in [5.41, 5.74) is -0.0450. The Kier molecular flexibility index (Phi) is 6.49. The second kappa shape index (κ2) is 7.65. The van der Waals surface area contributed by atoms with Crippen LogP contribution in [0, 0.1) is 5.41 Å². The van der Waals surface area contributed by atoms with Crippen LogP contribution >= 0.6 is 0 Å². The summed E-state index contributed by atoms with van der Waals surface area (Å²) in [5.74, 6) is 0.491. The smallest absolute Gasteiger partial charge is 0.140 e. The van der Waals surface area contributed by atoms with Crippen molar-refractivity contribution in [1.82, 2.24) is 5.32 Å². The first-order valence-corrected chi connectivity index (χ1v) is 7.10. The molecule has 1 saturated heterocycles. The van der Waals surface area contributed by atoms with Gasteiger partial charge in [-0.1, -0.05) is 19.4 Å². The van der Waals surface area contributed by atoms with Crippen LogP contribution in [0.4, 0.5) is 0 Å². The van der Waals surface area contributed by atoms with Crippen molar-refractivity contribution in [3.05, 3.63) is 12.7 Å². The Bertz CT molecular complexity index is 241. The molecule has 1 fully saturated rings. The third kappa shape index (κ3) is 4.27. The highest BCUT2D eigenvalue weighted by Crippen LogP contribution is 2.32. The van der Waals surface area contributed by atoms with Gasteiger partial charge in [-0.3, -0.25) is 4.79 Å². The van der Waals surface area contributed by atoms with Crippen molar-refractivity contribution < 1.29 is 4.79 Å². The fourth-order valence-electron chi connectivity index (χ4n) is 2.72. The molecular weight excluding hydrogens is 210 g/mol. The average Bonchev–Trinajstić information content (AvgIpc) is 2.39. The number of hydrogen-bond donors (Lipinski definition) is 1.